The van der Waals surface area contributed by atoms with Gasteiger partial charge in [0, 0.05) is 18.3 Å². The third-order valence-electron chi connectivity index (χ3n) is 3.56. The number of anilines is 1. The van der Waals surface area contributed by atoms with Gasteiger partial charge in [0.1, 0.15) is 11.3 Å². The van der Waals surface area contributed by atoms with Crippen LogP contribution in [-0.2, 0) is 0 Å². The Balaban J connectivity index is 1.86. The summed E-state index contributed by atoms with van der Waals surface area (Å²) in [6.07, 6.45) is 0. The predicted octanol–water partition coefficient (Wildman–Crippen LogP) is 4.18. The molecule has 0 amide bonds. The first-order chi connectivity index (χ1) is 9.72. The van der Waals surface area contributed by atoms with Gasteiger partial charge >= 0.3 is 0 Å². The van der Waals surface area contributed by atoms with Gasteiger partial charge in [-0.15, -0.1) is 0 Å². The first kappa shape index (κ1) is 11.7. The maximum Gasteiger partial charge on any atom is 0.204 e. The summed E-state index contributed by atoms with van der Waals surface area (Å²) in [5.41, 5.74) is 3.11. The van der Waals surface area contributed by atoms with Crippen molar-refractivity contribution in [3.05, 3.63) is 58.7 Å². The largest absolute Gasteiger partial charge is 0.438 e. The number of nitrogens with one attached hydrogen (secondary N) is 1. The Bertz CT molecular complexity index is 815. The van der Waals surface area contributed by atoms with E-state index in [-0.39, 0.29) is 10.9 Å². The molecular formula is C15H10ClFN2O. The Hall–Kier alpha value is -2.07. The van der Waals surface area contributed by atoms with Crippen LogP contribution in [0.3, 0.4) is 0 Å². The third kappa shape index (κ3) is 1.68. The number of rotatable bonds is 1. The van der Waals surface area contributed by atoms with Gasteiger partial charge in [0.15, 0.2) is 5.58 Å². The molecule has 5 heteroatoms. The van der Waals surface area contributed by atoms with Gasteiger partial charge < -0.3 is 9.73 Å². The molecule has 1 aliphatic rings. The van der Waals surface area contributed by atoms with Crippen molar-refractivity contribution < 1.29 is 8.81 Å². The minimum absolute atomic E-state index is 0.0257. The lowest BCUT2D eigenvalue weighted by Gasteiger charge is -2.04. The molecule has 1 aliphatic heterocycles. The second-order valence-corrected chi connectivity index (χ2v) is 5.22. The van der Waals surface area contributed by atoms with Crippen LogP contribution in [-0.4, -0.2) is 11.5 Å². The molecule has 0 bridgehead atoms. The molecule has 3 nitrogen and oxygen atoms in total. The number of benzene rings is 2. The van der Waals surface area contributed by atoms with Gasteiger partial charge in [-0.1, -0.05) is 29.8 Å². The normalized spacial score (nSPS) is 17.2. The molecule has 4 rings (SSSR count). The number of para-hydroxylation sites is 1. The summed E-state index contributed by atoms with van der Waals surface area (Å²) in [4.78, 5) is 4.38. The summed E-state index contributed by atoms with van der Waals surface area (Å²) in [5.74, 6) is 0.176. The van der Waals surface area contributed by atoms with Gasteiger partial charge in [-0.25, -0.2) is 9.37 Å². The molecule has 0 fully saturated rings. The maximum absolute atomic E-state index is 13.3. The van der Waals surface area contributed by atoms with Gasteiger partial charge in [0.25, 0.3) is 0 Å². The zero-order valence-corrected chi connectivity index (χ0v) is 11.1. The molecule has 2 aromatic carbocycles. The average molecular weight is 289 g/mol. The lowest BCUT2D eigenvalue weighted by molar-refractivity contribution is 0.512. The SMILES string of the molecule is Fc1cc(Cl)c2oc(C3CNc4ccccc43)nc2c1. The fraction of sp³-hybridized carbons (Fsp3) is 0.133. The van der Waals surface area contributed by atoms with Crippen LogP contribution in [0.2, 0.25) is 5.02 Å². The average Bonchev–Trinajstić information content (AvgIpc) is 3.01. The molecule has 20 heavy (non-hydrogen) atoms. The van der Waals surface area contributed by atoms with E-state index in [9.17, 15) is 4.39 Å². The van der Waals surface area contributed by atoms with Crippen LogP contribution >= 0.6 is 11.6 Å². The van der Waals surface area contributed by atoms with Gasteiger partial charge in [0.05, 0.1) is 10.9 Å². The highest BCUT2D eigenvalue weighted by Gasteiger charge is 2.28. The zero-order chi connectivity index (χ0) is 13.7. The van der Waals surface area contributed by atoms with Crippen molar-refractivity contribution in [1.29, 1.82) is 0 Å². The molecule has 100 valence electrons. The molecule has 0 spiro atoms. The van der Waals surface area contributed by atoms with Crippen molar-refractivity contribution in [3.8, 4) is 0 Å². The highest BCUT2D eigenvalue weighted by molar-refractivity contribution is 6.34. The summed E-state index contributed by atoms with van der Waals surface area (Å²) in [7, 11) is 0. The fourth-order valence-electron chi connectivity index (χ4n) is 2.63. The Morgan fingerprint density at radius 1 is 1.30 bits per heavy atom. The molecule has 0 radical (unpaired) electrons. The minimum Gasteiger partial charge on any atom is -0.438 e. The second kappa shape index (κ2) is 4.21. The van der Waals surface area contributed by atoms with Crippen molar-refractivity contribution in [3.63, 3.8) is 0 Å². The Labute approximate surface area is 119 Å². The van der Waals surface area contributed by atoms with Crippen LogP contribution in [0.25, 0.3) is 11.1 Å². The van der Waals surface area contributed by atoms with Crippen molar-refractivity contribution in [2.75, 3.05) is 11.9 Å². The van der Waals surface area contributed by atoms with Gasteiger partial charge in [-0.05, 0) is 17.7 Å². The first-order valence-electron chi connectivity index (χ1n) is 6.30. The molecule has 0 saturated carbocycles. The van der Waals surface area contributed by atoms with E-state index in [0.717, 1.165) is 11.3 Å². The summed E-state index contributed by atoms with van der Waals surface area (Å²) in [6, 6.07) is 10.6. The molecule has 0 aliphatic carbocycles. The summed E-state index contributed by atoms with van der Waals surface area (Å²) < 4.78 is 19.1. The summed E-state index contributed by atoms with van der Waals surface area (Å²) in [6.45, 7) is 0.715. The third-order valence-corrected chi connectivity index (χ3v) is 3.84. The predicted molar refractivity (Wildman–Crippen MR) is 75.8 cm³/mol. The van der Waals surface area contributed by atoms with Gasteiger partial charge in [-0.3, -0.25) is 0 Å². The van der Waals surface area contributed by atoms with E-state index in [1.807, 2.05) is 24.3 Å². The quantitative estimate of drug-likeness (QED) is 0.730. The topological polar surface area (TPSA) is 38.1 Å². The van der Waals surface area contributed by atoms with Gasteiger partial charge in [-0.2, -0.15) is 0 Å². The Kier molecular flexibility index (Phi) is 2.47. The lowest BCUT2D eigenvalue weighted by atomic mass is 10.0. The van der Waals surface area contributed by atoms with Crippen LogP contribution < -0.4 is 5.32 Å². The minimum atomic E-state index is -0.410. The van der Waals surface area contributed by atoms with Crippen molar-refractivity contribution in [2.24, 2.45) is 0 Å². The summed E-state index contributed by atoms with van der Waals surface area (Å²) >= 11 is 5.99. The van der Waals surface area contributed by atoms with Crippen molar-refractivity contribution in [1.82, 2.24) is 4.98 Å². The van der Waals surface area contributed by atoms with E-state index in [1.165, 1.54) is 12.1 Å². The highest BCUT2D eigenvalue weighted by atomic mass is 35.5. The van der Waals surface area contributed by atoms with Crippen molar-refractivity contribution >= 4 is 28.4 Å². The van der Waals surface area contributed by atoms with Crippen molar-refractivity contribution in [2.45, 2.75) is 5.92 Å². The number of aromatic nitrogens is 1. The Morgan fingerprint density at radius 2 is 2.15 bits per heavy atom. The number of nitrogens with zero attached hydrogens (tertiary/aromatic N) is 1. The molecule has 1 N–H and O–H groups in total. The van der Waals surface area contributed by atoms with E-state index in [1.54, 1.807) is 0 Å². The lowest BCUT2D eigenvalue weighted by Crippen LogP contribution is -2.03. The first-order valence-corrected chi connectivity index (χ1v) is 6.68. The van der Waals surface area contributed by atoms with Crippen LogP contribution in [0.15, 0.2) is 40.8 Å². The fourth-order valence-corrected chi connectivity index (χ4v) is 2.87. The van der Waals surface area contributed by atoms with Crippen LogP contribution in [0, 0.1) is 5.82 Å². The summed E-state index contributed by atoms with van der Waals surface area (Å²) in [5, 5.41) is 3.56. The second-order valence-electron chi connectivity index (χ2n) is 4.81. The number of hydrogen-bond donors (Lipinski definition) is 1. The van der Waals surface area contributed by atoms with E-state index >= 15 is 0 Å². The van der Waals surface area contributed by atoms with Crippen LogP contribution in [0.1, 0.15) is 17.4 Å². The van der Waals surface area contributed by atoms with E-state index in [0.29, 0.717) is 23.5 Å². The number of hydrogen-bond acceptors (Lipinski definition) is 3. The molecule has 1 atom stereocenters. The molecule has 0 saturated heterocycles. The molecule has 1 unspecified atom stereocenters. The van der Waals surface area contributed by atoms with Gasteiger partial charge in [0.2, 0.25) is 5.89 Å². The number of halogens is 2. The zero-order valence-electron chi connectivity index (χ0n) is 10.4. The van der Waals surface area contributed by atoms with E-state index < -0.39 is 5.82 Å². The Morgan fingerprint density at radius 3 is 3.05 bits per heavy atom. The van der Waals surface area contributed by atoms with Crippen LogP contribution in [0.4, 0.5) is 10.1 Å². The maximum atomic E-state index is 13.3. The highest BCUT2D eigenvalue weighted by Crippen LogP contribution is 2.37. The monoisotopic (exact) mass is 288 g/mol. The smallest absolute Gasteiger partial charge is 0.204 e. The molecule has 1 aromatic heterocycles. The molecule has 3 aromatic rings. The molecule has 2 heterocycles. The van der Waals surface area contributed by atoms with Crippen LogP contribution in [0.5, 0.6) is 0 Å². The standard InChI is InChI=1S/C15H10ClFN2O/c16-11-5-8(17)6-13-14(11)20-15(19-13)10-7-18-12-4-2-1-3-9(10)12/h1-6,10,18H,7H2. The van der Waals surface area contributed by atoms with E-state index in [2.05, 4.69) is 10.3 Å². The van der Waals surface area contributed by atoms with E-state index in [4.69, 9.17) is 16.0 Å². The number of oxazole rings is 1. The molecular weight excluding hydrogens is 279 g/mol. The number of fused-ring (bicyclic) bond motifs is 2.